The predicted octanol–water partition coefficient (Wildman–Crippen LogP) is 6.75. The Kier molecular flexibility index (Phi) is 5.31. The van der Waals surface area contributed by atoms with Gasteiger partial charge >= 0.3 is 0 Å². The van der Waals surface area contributed by atoms with Gasteiger partial charge in [-0.2, -0.15) is 0 Å². The van der Waals surface area contributed by atoms with Crippen molar-refractivity contribution in [1.29, 1.82) is 0 Å². The summed E-state index contributed by atoms with van der Waals surface area (Å²) in [6.07, 6.45) is 4.30. The average molecular weight is 404 g/mol. The number of hydrogen-bond donors (Lipinski definition) is 0. The Balaban J connectivity index is 1.93. The van der Waals surface area contributed by atoms with Crippen LogP contribution in [0.4, 0.5) is 8.78 Å². The van der Waals surface area contributed by atoms with Gasteiger partial charge in [0.25, 0.3) is 0 Å². The van der Waals surface area contributed by atoms with Gasteiger partial charge in [-0.25, -0.2) is 13.5 Å². The Hall–Kier alpha value is -2.12. The number of hydrogen-bond acceptors (Lipinski definition) is 4. The highest BCUT2D eigenvalue weighted by Gasteiger charge is 2.27. The molecule has 0 radical (unpaired) electrons. The maximum atomic E-state index is 15.2. The second kappa shape index (κ2) is 7.86. The zero-order valence-corrected chi connectivity index (χ0v) is 16.5. The molecule has 4 rings (SSSR count). The van der Waals surface area contributed by atoms with Crippen molar-refractivity contribution in [1.82, 2.24) is 15.0 Å². The largest absolute Gasteiger partial charge is 0.244 e. The van der Waals surface area contributed by atoms with Crippen LogP contribution in [0.15, 0.2) is 35.0 Å². The molecule has 0 saturated carbocycles. The van der Waals surface area contributed by atoms with Crippen LogP contribution in [0.25, 0.3) is 31.9 Å². The van der Waals surface area contributed by atoms with Crippen molar-refractivity contribution in [3.8, 4) is 20.9 Å². The summed E-state index contributed by atoms with van der Waals surface area (Å²) in [5.41, 5.74) is 1.47. The number of nitrogens with zero attached hydrogens (tertiary/aromatic N) is 3. The number of aromatic nitrogens is 3. The molecule has 0 saturated heterocycles. The van der Waals surface area contributed by atoms with Gasteiger partial charge in [0.2, 0.25) is 0 Å². The molecule has 4 aromatic rings. The number of halogens is 2. The van der Waals surface area contributed by atoms with Crippen LogP contribution in [-0.2, 0) is 6.54 Å². The Morgan fingerprint density at radius 1 is 0.926 bits per heavy atom. The van der Waals surface area contributed by atoms with Crippen LogP contribution in [0, 0.1) is 11.6 Å². The number of benzene rings is 1. The second-order valence-electron chi connectivity index (χ2n) is 6.40. The Morgan fingerprint density at radius 2 is 1.59 bits per heavy atom. The van der Waals surface area contributed by atoms with Crippen LogP contribution < -0.4 is 0 Å². The molecule has 7 heteroatoms. The second-order valence-corrected chi connectivity index (χ2v) is 8.30. The molecule has 0 fully saturated rings. The smallest absolute Gasteiger partial charge is 0.170 e. The summed E-state index contributed by atoms with van der Waals surface area (Å²) < 4.78 is 32.0. The third-order valence-electron chi connectivity index (χ3n) is 4.60. The molecule has 3 heterocycles. The van der Waals surface area contributed by atoms with Crippen LogP contribution >= 0.6 is 22.7 Å². The molecule has 0 aliphatic carbocycles. The Labute approximate surface area is 164 Å². The minimum atomic E-state index is -0.855. The molecule has 140 valence electrons. The monoisotopic (exact) mass is 403 g/mol. The maximum absolute atomic E-state index is 15.2. The van der Waals surface area contributed by atoms with Gasteiger partial charge in [0.1, 0.15) is 11.0 Å². The van der Waals surface area contributed by atoms with Crippen molar-refractivity contribution in [2.45, 2.75) is 39.2 Å². The van der Waals surface area contributed by atoms with Crippen LogP contribution in [0.2, 0.25) is 0 Å². The summed E-state index contributed by atoms with van der Waals surface area (Å²) in [5.74, 6) is -1.68. The quantitative estimate of drug-likeness (QED) is 0.320. The number of thiophene rings is 2. The lowest BCUT2D eigenvalue weighted by atomic mass is 10.0. The minimum Gasteiger partial charge on any atom is -0.244 e. The maximum Gasteiger partial charge on any atom is 0.170 e. The SMILES string of the molecule is CCCCCCn1nnc2c(-c3cccs3)c(F)c(F)c(-c3cccs3)c21. The molecule has 0 aliphatic rings. The minimum absolute atomic E-state index is 0.206. The van der Waals surface area contributed by atoms with Gasteiger partial charge in [-0.1, -0.05) is 43.5 Å². The van der Waals surface area contributed by atoms with E-state index in [2.05, 4.69) is 17.2 Å². The summed E-state index contributed by atoms with van der Waals surface area (Å²) >= 11 is 2.76. The molecule has 3 aromatic heterocycles. The first-order valence-electron chi connectivity index (χ1n) is 9.04. The van der Waals surface area contributed by atoms with Crippen molar-refractivity contribution in [2.75, 3.05) is 0 Å². The Morgan fingerprint density at radius 3 is 2.22 bits per heavy atom. The standard InChI is InChI=1S/C20H19F2N3S2/c1-2-3-4-5-10-25-20-16(14-9-7-12-27-14)18(22)17(21)15(19(20)23-24-25)13-8-6-11-26-13/h6-9,11-12H,2-5,10H2,1H3. The van der Waals surface area contributed by atoms with E-state index in [1.807, 2.05) is 22.9 Å². The van der Waals surface area contributed by atoms with Gasteiger partial charge in [-0.3, -0.25) is 0 Å². The van der Waals surface area contributed by atoms with Crippen LogP contribution in [0.3, 0.4) is 0 Å². The van der Waals surface area contributed by atoms with Crippen LogP contribution in [0.5, 0.6) is 0 Å². The third kappa shape index (κ3) is 3.30. The van der Waals surface area contributed by atoms with Gasteiger partial charge in [0, 0.05) is 16.3 Å². The van der Waals surface area contributed by atoms with Crippen molar-refractivity contribution in [3.63, 3.8) is 0 Å². The van der Waals surface area contributed by atoms with Gasteiger partial charge in [-0.15, -0.1) is 27.8 Å². The van der Waals surface area contributed by atoms with E-state index in [1.54, 1.807) is 16.8 Å². The fourth-order valence-electron chi connectivity index (χ4n) is 3.29. The van der Waals surface area contributed by atoms with Gasteiger partial charge in [0.05, 0.1) is 11.1 Å². The normalized spacial score (nSPS) is 11.5. The van der Waals surface area contributed by atoms with E-state index < -0.39 is 11.6 Å². The molecule has 0 unspecified atom stereocenters. The molecule has 0 atom stereocenters. The van der Waals surface area contributed by atoms with Crippen LogP contribution in [-0.4, -0.2) is 15.0 Å². The first kappa shape index (κ1) is 18.3. The highest BCUT2D eigenvalue weighted by molar-refractivity contribution is 7.14. The van der Waals surface area contributed by atoms with Crippen molar-refractivity contribution in [3.05, 3.63) is 46.7 Å². The molecule has 0 aliphatic heterocycles. The zero-order chi connectivity index (χ0) is 18.8. The van der Waals surface area contributed by atoms with E-state index in [9.17, 15) is 0 Å². The average Bonchev–Trinajstić information content (AvgIpc) is 3.42. The lowest BCUT2D eigenvalue weighted by Crippen LogP contribution is -2.03. The van der Waals surface area contributed by atoms with E-state index >= 15 is 8.78 Å². The number of rotatable bonds is 7. The molecule has 0 spiro atoms. The molecular formula is C20H19F2N3S2. The number of fused-ring (bicyclic) bond motifs is 1. The van der Waals surface area contributed by atoms with Gasteiger partial charge in [0.15, 0.2) is 11.6 Å². The van der Waals surface area contributed by atoms with Crippen molar-refractivity contribution in [2.24, 2.45) is 0 Å². The van der Waals surface area contributed by atoms with E-state index in [0.29, 0.717) is 27.3 Å². The highest BCUT2D eigenvalue weighted by atomic mass is 32.1. The fraction of sp³-hybridized carbons (Fsp3) is 0.300. The molecular weight excluding hydrogens is 384 g/mol. The van der Waals surface area contributed by atoms with Gasteiger partial charge < -0.3 is 0 Å². The summed E-state index contributed by atoms with van der Waals surface area (Å²) in [6.45, 7) is 2.80. The van der Waals surface area contributed by atoms with E-state index in [0.717, 1.165) is 25.7 Å². The molecule has 0 bridgehead atoms. The molecule has 1 aromatic carbocycles. The lowest BCUT2D eigenvalue weighted by molar-refractivity contribution is 0.514. The van der Waals surface area contributed by atoms with Crippen molar-refractivity contribution < 1.29 is 8.78 Å². The topological polar surface area (TPSA) is 30.7 Å². The lowest BCUT2D eigenvalue weighted by Gasteiger charge is -2.11. The third-order valence-corrected chi connectivity index (χ3v) is 6.37. The first-order valence-corrected chi connectivity index (χ1v) is 10.8. The fourth-order valence-corrected chi connectivity index (χ4v) is 4.82. The number of aryl methyl sites for hydroxylation is 1. The summed E-state index contributed by atoms with van der Waals surface area (Å²) in [7, 11) is 0. The van der Waals surface area contributed by atoms with Gasteiger partial charge in [-0.05, 0) is 29.3 Å². The van der Waals surface area contributed by atoms with Crippen molar-refractivity contribution >= 4 is 33.7 Å². The molecule has 27 heavy (non-hydrogen) atoms. The first-order chi connectivity index (χ1) is 13.2. The van der Waals surface area contributed by atoms with Crippen LogP contribution in [0.1, 0.15) is 32.6 Å². The van der Waals surface area contributed by atoms with E-state index in [-0.39, 0.29) is 11.1 Å². The predicted molar refractivity (Wildman–Crippen MR) is 108 cm³/mol. The van der Waals surface area contributed by atoms with E-state index in [1.165, 1.54) is 22.7 Å². The highest BCUT2D eigenvalue weighted by Crippen LogP contribution is 2.41. The summed E-state index contributed by atoms with van der Waals surface area (Å²) in [4.78, 5) is 1.35. The van der Waals surface area contributed by atoms with E-state index in [4.69, 9.17) is 0 Å². The Bertz CT molecular complexity index is 1040. The summed E-state index contributed by atoms with van der Waals surface area (Å²) in [6, 6.07) is 7.26. The number of unbranched alkanes of at least 4 members (excludes halogenated alkanes) is 3. The molecule has 3 nitrogen and oxygen atoms in total. The zero-order valence-electron chi connectivity index (χ0n) is 14.9. The molecule has 0 amide bonds. The summed E-state index contributed by atoms with van der Waals surface area (Å²) in [5, 5.41) is 12.2. The molecule has 0 N–H and O–H groups in total.